The van der Waals surface area contributed by atoms with Gasteiger partial charge < -0.3 is 0 Å². The Labute approximate surface area is 124 Å². The van der Waals surface area contributed by atoms with Gasteiger partial charge in [0.1, 0.15) is 5.66 Å². The number of rotatable bonds is 0. The van der Waals surface area contributed by atoms with E-state index in [1.807, 2.05) is 0 Å². The Hall–Kier alpha value is -1.36. The lowest BCUT2D eigenvalue weighted by Crippen LogP contribution is -2.80. The van der Waals surface area contributed by atoms with Crippen molar-refractivity contribution in [3.05, 3.63) is 12.2 Å². The van der Waals surface area contributed by atoms with Crippen LogP contribution in [0.3, 0.4) is 0 Å². The fourth-order valence-corrected chi connectivity index (χ4v) is 5.59. The second-order valence-electron chi connectivity index (χ2n) is 7.42. The van der Waals surface area contributed by atoms with Crippen molar-refractivity contribution in [2.75, 3.05) is 0 Å². The molecule has 4 fully saturated rings. The summed E-state index contributed by atoms with van der Waals surface area (Å²) in [5.74, 6) is 1.30. The van der Waals surface area contributed by atoms with Crippen LogP contribution in [0.2, 0.25) is 0 Å². The van der Waals surface area contributed by atoms with Gasteiger partial charge in [-0.15, -0.1) is 0 Å². The first-order valence-electron chi connectivity index (χ1n) is 8.29. The monoisotopic (exact) mass is 287 g/mol. The van der Waals surface area contributed by atoms with Gasteiger partial charge >= 0.3 is 0 Å². The molecule has 2 saturated heterocycles. The van der Waals surface area contributed by atoms with Gasteiger partial charge in [0, 0.05) is 18.4 Å². The van der Waals surface area contributed by atoms with Gasteiger partial charge in [0.05, 0.1) is 5.92 Å². The fraction of sp³-hybridized carbons (Fsp3) is 0.750. The number of nitrogens with one attached hydrogen (secondary N) is 2. The Balaban J connectivity index is 1.59. The second-order valence-corrected chi connectivity index (χ2v) is 7.42. The number of nitrogens with zero attached hydrogens (tertiary/aromatic N) is 1. The van der Waals surface area contributed by atoms with Crippen molar-refractivity contribution < 1.29 is 9.59 Å². The third-order valence-electron chi connectivity index (χ3n) is 6.48. The summed E-state index contributed by atoms with van der Waals surface area (Å²) in [5.41, 5.74) is 2.57. The van der Waals surface area contributed by atoms with Crippen LogP contribution in [0.1, 0.15) is 38.5 Å². The summed E-state index contributed by atoms with van der Waals surface area (Å²) in [6.45, 7) is 0. The first-order valence-corrected chi connectivity index (χ1v) is 8.29. The third kappa shape index (κ3) is 1.40. The maximum absolute atomic E-state index is 13.1. The molecule has 2 saturated carbocycles. The molecule has 3 aliphatic carbocycles. The van der Waals surface area contributed by atoms with Crippen molar-refractivity contribution >= 4 is 11.8 Å². The van der Waals surface area contributed by atoms with Gasteiger partial charge in [-0.1, -0.05) is 18.6 Å². The van der Waals surface area contributed by atoms with Crippen LogP contribution in [-0.4, -0.2) is 28.5 Å². The molecule has 6 atom stereocenters. The summed E-state index contributed by atoms with van der Waals surface area (Å²) in [4.78, 5) is 25.1. The normalized spacial score (nSPS) is 50.5. The zero-order valence-electron chi connectivity index (χ0n) is 12.0. The van der Waals surface area contributed by atoms with Crippen LogP contribution in [0.5, 0.6) is 0 Å². The predicted molar refractivity (Wildman–Crippen MR) is 75.4 cm³/mol. The molecule has 1 spiro atoms. The summed E-state index contributed by atoms with van der Waals surface area (Å²) in [6.07, 6.45) is 10.5. The maximum atomic E-state index is 13.1. The van der Waals surface area contributed by atoms with Gasteiger partial charge in [-0.3, -0.25) is 20.3 Å². The number of hydrazine groups is 1. The summed E-state index contributed by atoms with van der Waals surface area (Å²) in [6, 6.07) is 0.277. The highest BCUT2D eigenvalue weighted by Gasteiger charge is 2.62. The molecule has 2 aliphatic heterocycles. The molecule has 2 bridgehead atoms. The van der Waals surface area contributed by atoms with E-state index in [1.54, 1.807) is 5.01 Å². The molecule has 1 unspecified atom stereocenters. The lowest BCUT2D eigenvalue weighted by atomic mass is 9.71. The molecule has 5 heteroatoms. The number of hydrogen-bond acceptors (Lipinski definition) is 3. The van der Waals surface area contributed by atoms with E-state index in [9.17, 15) is 9.59 Å². The van der Waals surface area contributed by atoms with Gasteiger partial charge in [0.2, 0.25) is 11.8 Å². The number of hydrogen-bond donors (Lipinski definition) is 2. The van der Waals surface area contributed by atoms with E-state index < -0.39 is 0 Å². The molecular weight excluding hydrogens is 266 g/mol. The molecule has 2 amide bonds. The average Bonchev–Trinajstić information content (AvgIpc) is 3.07. The van der Waals surface area contributed by atoms with Crippen molar-refractivity contribution in [2.45, 2.75) is 50.2 Å². The Bertz CT molecular complexity index is 560. The highest BCUT2D eigenvalue weighted by atomic mass is 16.2. The SMILES string of the molecule is O=C1CC2CCCC[C@@]23N[C@@H]2[C@H](C(=O)N3N1)[C@H]1C=C[C@@H]2C1. The van der Waals surface area contributed by atoms with Crippen molar-refractivity contribution in [2.24, 2.45) is 23.7 Å². The largest absolute Gasteiger partial charge is 0.289 e. The summed E-state index contributed by atoms with van der Waals surface area (Å²) >= 11 is 0. The molecule has 112 valence electrons. The minimum absolute atomic E-state index is 0.00447. The molecule has 5 aliphatic rings. The fourth-order valence-electron chi connectivity index (χ4n) is 5.59. The molecule has 2 heterocycles. The topological polar surface area (TPSA) is 61.4 Å². The molecule has 0 aromatic carbocycles. The van der Waals surface area contributed by atoms with Crippen LogP contribution in [0, 0.1) is 23.7 Å². The molecule has 2 N–H and O–H groups in total. The van der Waals surface area contributed by atoms with Crippen LogP contribution in [0.25, 0.3) is 0 Å². The summed E-state index contributed by atoms with van der Waals surface area (Å²) in [5, 5.41) is 5.56. The van der Waals surface area contributed by atoms with Crippen LogP contribution in [0.4, 0.5) is 0 Å². The summed E-state index contributed by atoms with van der Waals surface area (Å²) in [7, 11) is 0. The van der Waals surface area contributed by atoms with Crippen LogP contribution < -0.4 is 10.7 Å². The predicted octanol–water partition coefficient (Wildman–Crippen LogP) is 0.930. The minimum Gasteiger partial charge on any atom is -0.289 e. The average molecular weight is 287 g/mol. The lowest BCUT2D eigenvalue weighted by molar-refractivity contribution is -0.185. The van der Waals surface area contributed by atoms with E-state index in [-0.39, 0.29) is 35.4 Å². The molecular formula is C16H21N3O2. The van der Waals surface area contributed by atoms with E-state index in [2.05, 4.69) is 22.9 Å². The van der Waals surface area contributed by atoms with E-state index in [4.69, 9.17) is 0 Å². The maximum Gasteiger partial charge on any atom is 0.248 e. The van der Waals surface area contributed by atoms with Gasteiger partial charge in [0.25, 0.3) is 0 Å². The van der Waals surface area contributed by atoms with Gasteiger partial charge in [-0.05, 0) is 37.5 Å². The number of allylic oxidation sites excluding steroid dienone is 1. The van der Waals surface area contributed by atoms with Crippen LogP contribution >= 0.6 is 0 Å². The number of carbonyl (C=O) groups is 2. The van der Waals surface area contributed by atoms with Crippen molar-refractivity contribution in [3.63, 3.8) is 0 Å². The molecule has 0 radical (unpaired) electrons. The molecule has 0 aromatic rings. The van der Waals surface area contributed by atoms with E-state index in [0.29, 0.717) is 18.3 Å². The molecule has 21 heavy (non-hydrogen) atoms. The Morgan fingerprint density at radius 3 is 2.95 bits per heavy atom. The number of amides is 2. The molecule has 0 aromatic heterocycles. The van der Waals surface area contributed by atoms with Gasteiger partial charge in [-0.25, -0.2) is 5.01 Å². The van der Waals surface area contributed by atoms with E-state index in [1.165, 1.54) is 6.42 Å². The Kier molecular flexibility index (Phi) is 2.26. The minimum atomic E-state index is -0.317. The Morgan fingerprint density at radius 2 is 2.05 bits per heavy atom. The zero-order valence-corrected chi connectivity index (χ0v) is 12.0. The second kappa shape index (κ2) is 3.88. The highest BCUT2D eigenvalue weighted by Crippen LogP contribution is 2.51. The van der Waals surface area contributed by atoms with Crippen molar-refractivity contribution in [3.8, 4) is 0 Å². The highest BCUT2D eigenvalue weighted by molar-refractivity contribution is 5.88. The van der Waals surface area contributed by atoms with Crippen molar-refractivity contribution in [1.82, 2.24) is 15.8 Å². The number of carbonyl (C=O) groups excluding carboxylic acids is 2. The van der Waals surface area contributed by atoms with Gasteiger partial charge in [-0.2, -0.15) is 0 Å². The Morgan fingerprint density at radius 1 is 1.19 bits per heavy atom. The number of fused-ring (bicyclic) bond motifs is 5. The standard InChI is InChI=1S/C16H21N3O2/c20-12-8-11-3-1-2-6-16(11)17-14-10-5-4-9(7-10)13(14)15(21)19(16)18-12/h4-5,9-11,13-14,17H,1-3,6-8H2,(H,18,20)/t9-,10+,11?,13+,14-,16-/m0/s1. The van der Waals surface area contributed by atoms with Gasteiger partial charge in [0.15, 0.2) is 0 Å². The van der Waals surface area contributed by atoms with Crippen LogP contribution in [0.15, 0.2) is 12.2 Å². The smallest absolute Gasteiger partial charge is 0.248 e. The van der Waals surface area contributed by atoms with E-state index in [0.717, 1.165) is 25.7 Å². The first kappa shape index (κ1) is 12.2. The van der Waals surface area contributed by atoms with Crippen LogP contribution in [-0.2, 0) is 9.59 Å². The van der Waals surface area contributed by atoms with E-state index >= 15 is 0 Å². The molecule has 5 rings (SSSR count). The lowest BCUT2D eigenvalue weighted by Gasteiger charge is -2.59. The zero-order chi connectivity index (χ0) is 14.2. The third-order valence-corrected chi connectivity index (χ3v) is 6.48. The molecule has 5 nitrogen and oxygen atoms in total. The van der Waals surface area contributed by atoms with Crippen molar-refractivity contribution in [1.29, 1.82) is 0 Å². The summed E-state index contributed by atoms with van der Waals surface area (Å²) < 4.78 is 0. The quantitative estimate of drug-likeness (QED) is 0.652. The first-order chi connectivity index (χ1) is 10.2.